The number of hydrogen-bond acceptors (Lipinski definition) is 3. The molecule has 0 saturated heterocycles. The van der Waals surface area contributed by atoms with Gasteiger partial charge in [-0.1, -0.05) is 32.0 Å². The third kappa shape index (κ3) is 1.51. The highest BCUT2D eigenvalue weighted by molar-refractivity contribution is 5.96. The second-order valence-electron chi connectivity index (χ2n) is 4.79. The Morgan fingerprint density at radius 3 is 2.78 bits per heavy atom. The Kier molecular flexibility index (Phi) is 2.40. The van der Waals surface area contributed by atoms with E-state index in [0.29, 0.717) is 11.7 Å². The van der Waals surface area contributed by atoms with E-state index in [2.05, 4.69) is 70.5 Å². The summed E-state index contributed by atoms with van der Waals surface area (Å²) in [6.45, 7) is 4.41. The van der Waals surface area contributed by atoms with E-state index in [4.69, 9.17) is 0 Å². The molecule has 0 aliphatic carbocycles. The summed E-state index contributed by atoms with van der Waals surface area (Å²) in [7, 11) is 2.05. The van der Waals surface area contributed by atoms with Gasteiger partial charge in [0.15, 0.2) is 0 Å². The second kappa shape index (κ2) is 3.94. The third-order valence-electron chi connectivity index (χ3n) is 3.24. The van der Waals surface area contributed by atoms with E-state index in [9.17, 15) is 0 Å². The Balaban J connectivity index is 2.35. The smallest absolute Gasteiger partial charge is 0.206 e. The fraction of sp³-hybridized carbons (Fsp3) is 0.308. The van der Waals surface area contributed by atoms with Gasteiger partial charge in [0.25, 0.3) is 0 Å². The van der Waals surface area contributed by atoms with Gasteiger partial charge in [-0.15, -0.1) is 10.2 Å². The Hall–Kier alpha value is -2.17. The summed E-state index contributed by atoms with van der Waals surface area (Å²) in [5.41, 5.74) is 3.60. The van der Waals surface area contributed by atoms with Crippen molar-refractivity contribution in [1.29, 1.82) is 0 Å². The first-order chi connectivity index (χ1) is 8.68. The molecule has 0 unspecified atom stereocenters. The lowest BCUT2D eigenvalue weighted by Crippen LogP contribution is -1.93. The third-order valence-corrected chi connectivity index (χ3v) is 3.24. The van der Waals surface area contributed by atoms with Crippen LogP contribution in [-0.2, 0) is 7.05 Å². The van der Waals surface area contributed by atoms with Crippen LogP contribution in [0.15, 0.2) is 24.4 Å². The van der Waals surface area contributed by atoms with Crippen LogP contribution in [-0.4, -0.2) is 25.2 Å². The van der Waals surface area contributed by atoms with Crippen molar-refractivity contribution in [3.8, 4) is 11.4 Å². The Morgan fingerprint density at radius 2 is 2.11 bits per heavy atom. The van der Waals surface area contributed by atoms with Crippen LogP contribution in [0.3, 0.4) is 0 Å². The van der Waals surface area contributed by atoms with Gasteiger partial charge in [-0.3, -0.25) is 0 Å². The quantitative estimate of drug-likeness (QED) is 0.749. The maximum atomic E-state index is 4.06. The number of fused-ring (bicyclic) bond motifs is 1. The molecule has 1 aromatic carbocycles. The zero-order chi connectivity index (χ0) is 12.7. The number of aromatic nitrogens is 5. The van der Waals surface area contributed by atoms with Crippen LogP contribution in [0.5, 0.6) is 0 Å². The summed E-state index contributed by atoms with van der Waals surface area (Å²) in [6.07, 6.45) is 2.06. The van der Waals surface area contributed by atoms with E-state index in [1.165, 1.54) is 16.5 Å². The average Bonchev–Trinajstić information content (AvgIpc) is 2.97. The molecular weight excluding hydrogens is 226 g/mol. The highest BCUT2D eigenvalue weighted by Gasteiger charge is 2.15. The SMILES string of the molecule is CC(C)c1cccc2c(-c3nn[nH]n3)cn(C)c12. The normalized spacial score (nSPS) is 11.6. The summed E-state index contributed by atoms with van der Waals surface area (Å²) in [4.78, 5) is 0. The van der Waals surface area contributed by atoms with Gasteiger partial charge < -0.3 is 4.57 Å². The number of rotatable bonds is 2. The van der Waals surface area contributed by atoms with Gasteiger partial charge in [0.1, 0.15) is 0 Å². The van der Waals surface area contributed by atoms with Crippen LogP contribution in [0, 0.1) is 0 Å². The molecule has 3 aromatic rings. The van der Waals surface area contributed by atoms with Crippen molar-refractivity contribution in [2.75, 3.05) is 0 Å². The first kappa shape index (κ1) is 11.0. The molecular formula is C13H15N5. The molecule has 0 spiro atoms. The van der Waals surface area contributed by atoms with Gasteiger partial charge in [-0.05, 0) is 16.7 Å². The highest BCUT2D eigenvalue weighted by atomic mass is 15.5. The average molecular weight is 241 g/mol. The molecule has 5 nitrogen and oxygen atoms in total. The lowest BCUT2D eigenvalue weighted by molar-refractivity contribution is 0.857. The Labute approximate surface area is 105 Å². The number of benzene rings is 1. The van der Waals surface area contributed by atoms with Crippen LogP contribution in [0.25, 0.3) is 22.3 Å². The molecule has 1 N–H and O–H groups in total. The van der Waals surface area contributed by atoms with Crippen molar-refractivity contribution in [2.24, 2.45) is 7.05 Å². The van der Waals surface area contributed by atoms with Crippen molar-refractivity contribution in [1.82, 2.24) is 25.2 Å². The van der Waals surface area contributed by atoms with E-state index in [0.717, 1.165) is 5.56 Å². The number of para-hydroxylation sites is 1. The topological polar surface area (TPSA) is 59.4 Å². The fourth-order valence-corrected chi connectivity index (χ4v) is 2.42. The number of hydrogen-bond donors (Lipinski definition) is 1. The Morgan fingerprint density at radius 1 is 1.28 bits per heavy atom. The van der Waals surface area contributed by atoms with Crippen molar-refractivity contribution >= 4 is 10.9 Å². The lowest BCUT2D eigenvalue weighted by Gasteiger charge is -2.09. The molecule has 0 saturated carbocycles. The van der Waals surface area contributed by atoms with Gasteiger partial charge in [0.05, 0.1) is 5.52 Å². The van der Waals surface area contributed by atoms with Crippen molar-refractivity contribution < 1.29 is 0 Å². The highest BCUT2D eigenvalue weighted by Crippen LogP contribution is 2.32. The van der Waals surface area contributed by atoms with Crippen LogP contribution >= 0.6 is 0 Å². The molecule has 5 heteroatoms. The minimum absolute atomic E-state index is 0.486. The molecule has 0 radical (unpaired) electrons. The maximum Gasteiger partial charge on any atom is 0.206 e. The molecule has 0 aliphatic rings. The van der Waals surface area contributed by atoms with Crippen molar-refractivity contribution in [3.63, 3.8) is 0 Å². The molecule has 0 fully saturated rings. The fourth-order valence-electron chi connectivity index (χ4n) is 2.42. The summed E-state index contributed by atoms with van der Waals surface area (Å²) in [6, 6.07) is 6.36. The van der Waals surface area contributed by atoms with E-state index in [1.54, 1.807) is 0 Å². The zero-order valence-corrected chi connectivity index (χ0v) is 10.7. The Bertz CT molecular complexity index is 679. The van der Waals surface area contributed by atoms with E-state index >= 15 is 0 Å². The minimum Gasteiger partial charge on any atom is -0.350 e. The van der Waals surface area contributed by atoms with Gasteiger partial charge in [0, 0.05) is 24.2 Å². The molecule has 3 rings (SSSR count). The molecule has 92 valence electrons. The van der Waals surface area contributed by atoms with Gasteiger partial charge in [-0.25, -0.2) is 0 Å². The molecule has 2 aromatic heterocycles. The van der Waals surface area contributed by atoms with Crippen LogP contribution in [0.2, 0.25) is 0 Å². The van der Waals surface area contributed by atoms with Crippen LogP contribution in [0.1, 0.15) is 25.3 Å². The zero-order valence-electron chi connectivity index (χ0n) is 10.7. The number of tetrazole rings is 1. The van der Waals surface area contributed by atoms with E-state index in [-0.39, 0.29) is 0 Å². The van der Waals surface area contributed by atoms with Crippen molar-refractivity contribution in [2.45, 2.75) is 19.8 Å². The van der Waals surface area contributed by atoms with Gasteiger partial charge in [-0.2, -0.15) is 5.21 Å². The van der Waals surface area contributed by atoms with Gasteiger partial charge >= 0.3 is 0 Å². The first-order valence-corrected chi connectivity index (χ1v) is 6.00. The molecule has 0 bridgehead atoms. The number of aromatic amines is 1. The van der Waals surface area contributed by atoms with Gasteiger partial charge in [0.2, 0.25) is 5.82 Å². The monoisotopic (exact) mass is 241 g/mol. The lowest BCUT2D eigenvalue weighted by atomic mass is 9.99. The molecule has 2 heterocycles. The van der Waals surface area contributed by atoms with E-state index in [1.807, 2.05) is 0 Å². The van der Waals surface area contributed by atoms with Crippen molar-refractivity contribution in [3.05, 3.63) is 30.0 Å². The number of nitrogens with zero attached hydrogens (tertiary/aromatic N) is 4. The number of nitrogens with one attached hydrogen (secondary N) is 1. The number of H-pyrrole nitrogens is 1. The minimum atomic E-state index is 0.486. The predicted molar refractivity (Wildman–Crippen MR) is 70.2 cm³/mol. The predicted octanol–water partition coefficient (Wildman–Crippen LogP) is 2.48. The van der Waals surface area contributed by atoms with Crippen LogP contribution in [0.4, 0.5) is 0 Å². The van der Waals surface area contributed by atoms with Crippen LogP contribution < -0.4 is 0 Å². The molecule has 0 amide bonds. The largest absolute Gasteiger partial charge is 0.350 e. The summed E-state index contributed by atoms with van der Waals surface area (Å²) < 4.78 is 2.14. The summed E-state index contributed by atoms with van der Waals surface area (Å²) in [5.74, 6) is 1.13. The summed E-state index contributed by atoms with van der Waals surface area (Å²) >= 11 is 0. The molecule has 18 heavy (non-hydrogen) atoms. The number of aryl methyl sites for hydroxylation is 1. The first-order valence-electron chi connectivity index (χ1n) is 6.00. The second-order valence-corrected chi connectivity index (χ2v) is 4.79. The van der Waals surface area contributed by atoms with E-state index < -0.39 is 0 Å². The molecule has 0 atom stereocenters. The summed E-state index contributed by atoms with van der Waals surface area (Å²) in [5, 5.41) is 15.4. The maximum absolute atomic E-state index is 4.06. The molecule has 0 aliphatic heterocycles. The standard InChI is InChI=1S/C13H15N5/c1-8(2)9-5-4-6-10-11(7-18(3)12(9)10)13-14-16-17-15-13/h4-8H,1-3H3,(H,14,15,16,17).